The molecule has 1 aromatic carbocycles. The Balaban J connectivity index is 1.71. The molecule has 0 amide bonds. The summed E-state index contributed by atoms with van der Waals surface area (Å²) in [5.41, 5.74) is 2.45. The molecular weight excluding hydrogens is 344 g/mol. The van der Waals surface area contributed by atoms with Gasteiger partial charge in [0, 0.05) is 13.8 Å². The van der Waals surface area contributed by atoms with Gasteiger partial charge >= 0.3 is 11.9 Å². The van der Waals surface area contributed by atoms with Gasteiger partial charge in [-0.05, 0) is 85.0 Å². The molecule has 27 heavy (non-hydrogen) atoms. The topological polar surface area (TPSA) is 72.8 Å². The number of esters is 2. The van der Waals surface area contributed by atoms with Gasteiger partial charge in [0.25, 0.3) is 0 Å². The molecule has 0 bridgehead atoms. The van der Waals surface area contributed by atoms with E-state index in [1.807, 2.05) is 12.1 Å². The number of fused-ring (bicyclic) bond motifs is 5. The van der Waals surface area contributed by atoms with Gasteiger partial charge < -0.3 is 14.6 Å². The number of benzene rings is 1. The average molecular weight is 372 g/mol. The smallest absolute Gasteiger partial charge is 0.308 e. The summed E-state index contributed by atoms with van der Waals surface area (Å²) in [5, 5.41) is 10.5. The fraction of sp³-hybridized carbons (Fsp3) is 0.636. The molecule has 0 radical (unpaired) electrons. The van der Waals surface area contributed by atoms with Crippen LogP contribution in [0.4, 0.5) is 0 Å². The maximum absolute atomic E-state index is 11.5. The first-order valence-corrected chi connectivity index (χ1v) is 10.0. The largest absolute Gasteiger partial charge is 0.423 e. The number of aliphatic hydroxyl groups excluding tert-OH is 1. The third kappa shape index (κ3) is 3.06. The molecule has 1 aromatic rings. The number of carbonyl (C=O) groups is 2. The number of aryl methyl sites for hydroxylation is 1. The first-order chi connectivity index (χ1) is 12.8. The van der Waals surface area contributed by atoms with Crippen molar-refractivity contribution in [2.75, 3.05) is 0 Å². The highest BCUT2D eigenvalue weighted by Gasteiger charge is 2.54. The maximum Gasteiger partial charge on any atom is 0.308 e. The van der Waals surface area contributed by atoms with Crippen LogP contribution in [0.3, 0.4) is 0 Å². The van der Waals surface area contributed by atoms with E-state index in [0.717, 1.165) is 38.5 Å². The van der Waals surface area contributed by atoms with Gasteiger partial charge in [0.1, 0.15) is 0 Å². The minimum absolute atomic E-state index is 0.0368. The van der Waals surface area contributed by atoms with Crippen LogP contribution in [0.1, 0.15) is 69.9 Å². The second-order valence-corrected chi connectivity index (χ2v) is 8.74. The van der Waals surface area contributed by atoms with Crippen LogP contribution >= 0.6 is 0 Å². The second-order valence-electron chi connectivity index (χ2n) is 8.74. The number of hydrogen-bond acceptors (Lipinski definition) is 5. The third-order valence-electron chi connectivity index (χ3n) is 7.25. The van der Waals surface area contributed by atoms with Crippen LogP contribution < -0.4 is 9.47 Å². The van der Waals surface area contributed by atoms with E-state index in [4.69, 9.17) is 9.47 Å². The zero-order valence-electron chi connectivity index (χ0n) is 16.3. The van der Waals surface area contributed by atoms with Crippen molar-refractivity contribution in [3.05, 3.63) is 23.3 Å². The first-order valence-electron chi connectivity index (χ1n) is 10.0. The van der Waals surface area contributed by atoms with Gasteiger partial charge in [-0.1, -0.05) is 6.92 Å². The molecule has 5 nitrogen and oxygen atoms in total. The molecule has 5 heteroatoms. The van der Waals surface area contributed by atoms with E-state index >= 15 is 0 Å². The summed E-state index contributed by atoms with van der Waals surface area (Å²) < 4.78 is 10.7. The SMILES string of the molecule is CC(=O)Oc1cc2c(cc1OC(C)=O)[C@H]1CC[C@]3(C)[C@@H](O)CC[C@H]3[C@@H]1CC2. The quantitative estimate of drug-likeness (QED) is 0.632. The highest BCUT2D eigenvalue weighted by Crippen LogP contribution is 2.61. The lowest BCUT2D eigenvalue weighted by molar-refractivity contribution is -0.134. The number of hydrogen-bond donors (Lipinski definition) is 1. The van der Waals surface area contributed by atoms with Gasteiger partial charge in [-0.25, -0.2) is 0 Å². The van der Waals surface area contributed by atoms with E-state index in [1.165, 1.54) is 25.0 Å². The molecular formula is C22H28O5. The third-order valence-corrected chi connectivity index (χ3v) is 7.25. The number of ether oxygens (including phenoxy) is 2. The second kappa shape index (κ2) is 6.62. The molecule has 3 aliphatic carbocycles. The van der Waals surface area contributed by atoms with Crippen molar-refractivity contribution in [2.24, 2.45) is 17.3 Å². The Morgan fingerprint density at radius 1 is 1.04 bits per heavy atom. The molecule has 146 valence electrons. The lowest BCUT2D eigenvalue weighted by Crippen LogP contribution is -2.43. The monoisotopic (exact) mass is 372 g/mol. The summed E-state index contributed by atoms with van der Waals surface area (Å²) in [6, 6.07) is 3.79. The Bertz CT molecular complexity index is 785. The molecule has 2 saturated carbocycles. The Kier molecular flexibility index (Phi) is 4.53. The van der Waals surface area contributed by atoms with E-state index < -0.39 is 11.9 Å². The minimum Gasteiger partial charge on any atom is -0.423 e. The van der Waals surface area contributed by atoms with Crippen LogP contribution in [0.2, 0.25) is 0 Å². The highest BCUT2D eigenvalue weighted by molar-refractivity contribution is 5.74. The maximum atomic E-state index is 11.5. The van der Waals surface area contributed by atoms with Gasteiger partial charge in [-0.2, -0.15) is 0 Å². The molecule has 2 fully saturated rings. The predicted molar refractivity (Wildman–Crippen MR) is 99.7 cm³/mol. The molecule has 0 unspecified atom stereocenters. The van der Waals surface area contributed by atoms with Crippen LogP contribution in [0.25, 0.3) is 0 Å². The van der Waals surface area contributed by atoms with E-state index in [2.05, 4.69) is 6.92 Å². The van der Waals surface area contributed by atoms with E-state index in [1.54, 1.807) is 0 Å². The Morgan fingerprint density at radius 3 is 2.37 bits per heavy atom. The Hall–Kier alpha value is -1.88. The summed E-state index contributed by atoms with van der Waals surface area (Å²) in [6.07, 6.45) is 5.89. The summed E-state index contributed by atoms with van der Waals surface area (Å²) in [5.74, 6) is 1.32. The lowest BCUT2D eigenvalue weighted by atomic mass is 9.55. The zero-order chi connectivity index (χ0) is 19.3. The number of carbonyl (C=O) groups excluding carboxylic acids is 2. The van der Waals surface area contributed by atoms with Crippen molar-refractivity contribution >= 4 is 11.9 Å². The molecule has 0 heterocycles. The van der Waals surface area contributed by atoms with Gasteiger partial charge in [0.15, 0.2) is 11.5 Å². The molecule has 0 spiro atoms. The molecule has 0 aromatic heterocycles. The van der Waals surface area contributed by atoms with Crippen molar-refractivity contribution in [2.45, 2.75) is 71.3 Å². The molecule has 0 saturated heterocycles. The highest BCUT2D eigenvalue weighted by atomic mass is 16.6. The summed E-state index contributed by atoms with van der Waals surface area (Å²) in [7, 11) is 0. The van der Waals surface area contributed by atoms with Gasteiger partial charge in [-0.15, -0.1) is 0 Å². The van der Waals surface area contributed by atoms with Crippen molar-refractivity contribution in [3.8, 4) is 11.5 Å². The lowest BCUT2D eigenvalue weighted by Gasteiger charge is -2.50. The van der Waals surface area contributed by atoms with Crippen molar-refractivity contribution in [3.63, 3.8) is 0 Å². The standard InChI is InChI=1S/C22H28O5/c1-12(23)26-19-10-14-4-5-16-15(17(14)11-20(19)27-13(2)24)8-9-22(3)18(16)6-7-21(22)25/h10-11,15-16,18,21,25H,4-9H2,1-3H3/t15-,16+,18-,21-,22-/m0/s1. The van der Waals surface area contributed by atoms with Crippen molar-refractivity contribution in [1.29, 1.82) is 0 Å². The van der Waals surface area contributed by atoms with E-state index in [9.17, 15) is 14.7 Å². The minimum atomic E-state index is -0.426. The first kappa shape index (κ1) is 18.5. The van der Waals surface area contributed by atoms with Gasteiger partial charge in [0.05, 0.1) is 6.10 Å². The Labute approximate surface area is 160 Å². The van der Waals surface area contributed by atoms with E-state index in [0.29, 0.717) is 29.3 Å². The summed E-state index contributed by atoms with van der Waals surface area (Å²) >= 11 is 0. The predicted octanol–water partition coefficient (Wildman–Crippen LogP) is 3.75. The fourth-order valence-electron chi connectivity index (χ4n) is 6.02. The summed E-state index contributed by atoms with van der Waals surface area (Å²) in [6.45, 7) is 4.96. The van der Waals surface area contributed by atoms with Crippen LogP contribution in [0, 0.1) is 17.3 Å². The van der Waals surface area contributed by atoms with Crippen molar-refractivity contribution in [1.82, 2.24) is 0 Å². The van der Waals surface area contributed by atoms with Crippen LogP contribution in [0.15, 0.2) is 12.1 Å². The molecule has 0 aliphatic heterocycles. The van der Waals surface area contributed by atoms with Gasteiger partial charge in [-0.3, -0.25) is 9.59 Å². The number of aliphatic hydroxyl groups is 1. The normalized spacial score (nSPS) is 34.2. The van der Waals surface area contributed by atoms with Gasteiger partial charge in [0.2, 0.25) is 0 Å². The molecule has 4 rings (SSSR count). The van der Waals surface area contributed by atoms with Crippen LogP contribution in [-0.2, 0) is 16.0 Å². The molecule has 5 atom stereocenters. The summed E-state index contributed by atoms with van der Waals surface area (Å²) in [4.78, 5) is 23.0. The van der Waals surface area contributed by atoms with Crippen molar-refractivity contribution < 1.29 is 24.2 Å². The van der Waals surface area contributed by atoms with E-state index in [-0.39, 0.29) is 11.5 Å². The zero-order valence-corrected chi connectivity index (χ0v) is 16.3. The average Bonchev–Trinajstić information content (AvgIpc) is 2.89. The van der Waals surface area contributed by atoms with Crippen LogP contribution in [-0.4, -0.2) is 23.1 Å². The van der Waals surface area contributed by atoms with Crippen LogP contribution in [0.5, 0.6) is 11.5 Å². The fourth-order valence-corrected chi connectivity index (χ4v) is 6.02. The number of rotatable bonds is 2. The molecule has 1 N–H and O–H groups in total. The molecule has 3 aliphatic rings. The Morgan fingerprint density at radius 2 is 1.70 bits per heavy atom.